The summed E-state index contributed by atoms with van der Waals surface area (Å²) in [6.07, 6.45) is 14.6. The molecule has 1 aromatic heterocycles. The van der Waals surface area contributed by atoms with Gasteiger partial charge in [0.15, 0.2) is 0 Å². The van der Waals surface area contributed by atoms with E-state index in [1.54, 1.807) is 23.3 Å². The van der Waals surface area contributed by atoms with Crippen LogP contribution in [-0.2, 0) is 23.3 Å². The molecule has 0 bridgehead atoms. The zero-order valence-electron chi connectivity index (χ0n) is 16.7. The first kappa shape index (κ1) is 90.2. The van der Waals surface area contributed by atoms with Crippen molar-refractivity contribution in [3.8, 4) is 0 Å². The van der Waals surface area contributed by atoms with E-state index in [4.69, 9.17) is 0 Å². The first-order valence-electron chi connectivity index (χ1n) is 3.56. The smallest absolute Gasteiger partial charge is 0.108 e. The molecule has 0 aliphatic heterocycles. The molecule has 5 heteroatoms. The van der Waals surface area contributed by atoms with Gasteiger partial charge in [0.2, 0.25) is 0 Å². The van der Waals surface area contributed by atoms with Crippen LogP contribution in [0.25, 0.3) is 0 Å². The fourth-order valence-electron chi connectivity index (χ4n) is 0.581. The van der Waals surface area contributed by atoms with E-state index in [0.29, 0.717) is 0 Å². The molecule has 0 fully saturated rings. The summed E-state index contributed by atoms with van der Waals surface area (Å²) < 4.78 is 0. The molecule has 0 saturated heterocycles. The molecule has 1 nitrogen and oxygen atoms in total. The number of hydrogen-bond donors (Lipinski definition) is 1. The zero-order chi connectivity index (χ0) is 9.07. The fourth-order valence-corrected chi connectivity index (χ4v) is 0.581. The van der Waals surface area contributed by atoms with Gasteiger partial charge in [-0.05, 0) is 0 Å². The van der Waals surface area contributed by atoms with Crippen LogP contribution in [0.1, 0.15) is 6.42 Å². The second-order valence-electron chi connectivity index (χ2n) is 1.82. The molecule has 0 amide bonds. The third-order valence-corrected chi connectivity index (χ3v) is 1.03. The summed E-state index contributed by atoms with van der Waals surface area (Å²) >= 11 is 1.58. The van der Waals surface area contributed by atoms with Gasteiger partial charge in [-0.1, -0.05) is 0 Å². The van der Waals surface area contributed by atoms with Crippen molar-refractivity contribution in [3.63, 3.8) is 0 Å². The SMILES string of the molecule is Cl.Cl.[C-]1=CC=CC1.[CH3-].[CH3-].[CH3-].[CH3-].[CH3-].[CH3-].[CH3-].[CH3-].[CH3-].[SiH2]=[Zr].[c-]1ccc[nH]1. The van der Waals surface area contributed by atoms with Gasteiger partial charge < -0.3 is 71.8 Å². The Kier molecular flexibility index (Phi) is 371. The van der Waals surface area contributed by atoms with Gasteiger partial charge in [-0.3, -0.25) is 6.08 Å². The summed E-state index contributed by atoms with van der Waals surface area (Å²) in [7, 11) is 0. The predicted molar refractivity (Wildman–Crippen MR) is 122 cm³/mol. The number of H-pyrrole nitrogens is 1. The predicted octanol–water partition coefficient (Wildman–Crippen LogP) is 6.10. The molecule has 1 aliphatic carbocycles. The van der Waals surface area contributed by atoms with Crippen LogP contribution < -0.4 is 0 Å². The first-order valence-corrected chi connectivity index (χ1v) is 9.49. The van der Waals surface area contributed by atoms with Crippen LogP contribution in [-0.4, -0.2) is 11.9 Å². The third kappa shape index (κ3) is 86.0. The maximum absolute atomic E-state index is 2.99. The van der Waals surface area contributed by atoms with Gasteiger partial charge in [-0.25, -0.2) is 12.2 Å². The molecule has 1 aromatic rings. The minimum Gasteiger partial charge on any atom is -0.484 e. The largest absolute Gasteiger partial charge is 0.484 e. The van der Waals surface area contributed by atoms with E-state index in [0.717, 1.165) is 6.42 Å². The van der Waals surface area contributed by atoms with E-state index >= 15 is 0 Å². The van der Waals surface area contributed by atoms with Crippen molar-refractivity contribution in [1.29, 1.82) is 0 Å². The minimum absolute atomic E-state index is 0. The summed E-state index contributed by atoms with van der Waals surface area (Å²) in [5.74, 6) is 0. The minimum atomic E-state index is 0. The average molecular weight is 461 g/mol. The quantitative estimate of drug-likeness (QED) is 0.356. The molecular weight excluding hydrogens is 420 g/mol. The number of allylic oxidation sites excluding steroid dienone is 4. The molecule has 150 valence electrons. The number of aromatic amines is 1. The van der Waals surface area contributed by atoms with Gasteiger partial charge in [-0.2, -0.15) is 24.4 Å². The summed E-state index contributed by atoms with van der Waals surface area (Å²) in [4.78, 5) is 2.74. The number of rotatable bonds is 0. The topological polar surface area (TPSA) is 15.8 Å². The molecule has 23 heavy (non-hydrogen) atoms. The van der Waals surface area contributed by atoms with E-state index in [1.165, 1.54) is 0 Å². The van der Waals surface area contributed by atoms with Crippen LogP contribution in [0.15, 0.2) is 36.6 Å². The van der Waals surface area contributed by atoms with Crippen LogP contribution in [0.2, 0.25) is 0 Å². The summed E-state index contributed by atoms with van der Waals surface area (Å²) in [6, 6.07) is 3.71. The Balaban J connectivity index is -0.00000000663. The van der Waals surface area contributed by atoms with Crippen molar-refractivity contribution in [2.45, 2.75) is 6.42 Å². The Morgan fingerprint density at radius 1 is 0.826 bits per heavy atom. The number of aromatic nitrogens is 1. The molecular formula is C18H40Cl2NSiZr-11. The Morgan fingerprint density at radius 2 is 1.26 bits per heavy atom. The van der Waals surface area contributed by atoms with Crippen LogP contribution in [0, 0.1) is 79.1 Å². The van der Waals surface area contributed by atoms with E-state index in [-0.39, 0.29) is 91.7 Å². The van der Waals surface area contributed by atoms with Gasteiger partial charge in [-0.15, -0.1) is 37.4 Å². The number of halogens is 2. The Bertz CT molecular complexity index is 202. The van der Waals surface area contributed by atoms with Gasteiger partial charge in [0.1, 0.15) is 0 Å². The molecule has 0 unspecified atom stereocenters. The van der Waals surface area contributed by atoms with Crippen molar-refractivity contribution >= 4 is 31.7 Å². The summed E-state index contributed by atoms with van der Waals surface area (Å²) in [5.41, 5.74) is 0. The van der Waals surface area contributed by atoms with Crippen LogP contribution in [0.3, 0.4) is 0 Å². The Labute approximate surface area is 181 Å². The van der Waals surface area contributed by atoms with Crippen molar-refractivity contribution in [2.75, 3.05) is 0 Å². The molecule has 0 aromatic carbocycles. The Hall–Kier alpha value is 0.440. The number of nitrogens with one attached hydrogen (secondary N) is 1. The average Bonchev–Trinajstić information content (AvgIpc) is 2.87. The fraction of sp³-hybridized carbons (Fsp3) is 0.0556. The van der Waals surface area contributed by atoms with Gasteiger partial charge in [0, 0.05) is 0 Å². The van der Waals surface area contributed by atoms with Crippen LogP contribution in [0.4, 0.5) is 0 Å². The van der Waals surface area contributed by atoms with Crippen molar-refractivity contribution < 1.29 is 23.3 Å². The molecule has 2 rings (SSSR count). The molecule has 1 heterocycles. The van der Waals surface area contributed by atoms with Gasteiger partial charge >= 0.3 is 30.2 Å². The third-order valence-electron chi connectivity index (χ3n) is 1.03. The van der Waals surface area contributed by atoms with E-state index < -0.39 is 0 Å². The zero-order valence-corrected chi connectivity index (χ0v) is 22.2. The second-order valence-corrected chi connectivity index (χ2v) is 1.82. The Morgan fingerprint density at radius 3 is 1.35 bits per heavy atom. The van der Waals surface area contributed by atoms with Crippen LogP contribution >= 0.6 is 24.8 Å². The molecule has 0 atom stereocenters. The van der Waals surface area contributed by atoms with Gasteiger partial charge in [0.25, 0.3) is 0 Å². The van der Waals surface area contributed by atoms with E-state index in [2.05, 4.69) is 23.3 Å². The van der Waals surface area contributed by atoms with Gasteiger partial charge in [0.05, 0.1) is 0 Å². The van der Waals surface area contributed by atoms with Crippen molar-refractivity contribution in [2.24, 2.45) is 0 Å². The van der Waals surface area contributed by atoms with Crippen LogP contribution in [0.5, 0.6) is 0 Å². The molecule has 0 radical (unpaired) electrons. The normalized spacial score (nSPS) is 5.70. The molecule has 0 saturated carbocycles. The van der Waals surface area contributed by atoms with Crippen molar-refractivity contribution in [1.82, 2.24) is 4.98 Å². The maximum Gasteiger partial charge on any atom is -0.108 e. The van der Waals surface area contributed by atoms with Crippen molar-refractivity contribution in [3.05, 3.63) is 116 Å². The monoisotopic (exact) mass is 458 g/mol. The summed E-state index contributed by atoms with van der Waals surface area (Å²) in [5, 5.41) is 0. The second kappa shape index (κ2) is 94.6. The molecule has 0 spiro atoms. The first-order chi connectivity index (χ1) is 6.00. The molecule has 1 N–H and O–H groups in total. The van der Waals surface area contributed by atoms with E-state index in [1.807, 2.05) is 37.4 Å². The number of hydrogen-bond acceptors (Lipinski definition) is 0. The maximum atomic E-state index is 2.99. The van der Waals surface area contributed by atoms with E-state index in [9.17, 15) is 0 Å². The molecule has 1 aliphatic rings. The summed E-state index contributed by atoms with van der Waals surface area (Å²) in [6.45, 7) is 1.95. The standard InChI is InChI=1S/C5H5.C4H4N.9CH3.2ClH.H2Si.Zr/c2*1-2-4-5-3-1;;;;;;;;;;;;;/h1-3H,4H2;1-3,5H;9*1H3;2*1H;1H2;/q11*-1;;;;.